The first-order valence-electron chi connectivity index (χ1n) is 13.5. The number of guanidine groups is 1. The smallest absolute Gasteiger partial charge is 0.411 e. The third-order valence-corrected chi connectivity index (χ3v) is 7.97. The number of pyridine rings is 1. The van der Waals surface area contributed by atoms with Gasteiger partial charge in [0.2, 0.25) is 0 Å². The van der Waals surface area contributed by atoms with Crippen molar-refractivity contribution in [1.29, 1.82) is 5.41 Å². The van der Waals surface area contributed by atoms with E-state index in [0.717, 1.165) is 4.90 Å². The van der Waals surface area contributed by atoms with E-state index in [4.69, 9.17) is 21.7 Å². The highest BCUT2D eigenvalue weighted by molar-refractivity contribution is 6.33. The van der Waals surface area contributed by atoms with Gasteiger partial charge in [0.15, 0.2) is 11.8 Å². The summed E-state index contributed by atoms with van der Waals surface area (Å²) < 4.78 is 60.9. The number of halogens is 5. The molecule has 1 aliphatic carbocycles. The van der Waals surface area contributed by atoms with Gasteiger partial charge in [-0.25, -0.2) is 14.2 Å². The van der Waals surface area contributed by atoms with E-state index < -0.39 is 54.2 Å². The van der Waals surface area contributed by atoms with Crippen LogP contribution in [0.5, 0.6) is 0 Å². The fraction of sp³-hybridized carbons (Fsp3) is 0.241. The Hall–Kier alpha value is -5.05. The van der Waals surface area contributed by atoms with Crippen molar-refractivity contribution in [3.63, 3.8) is 0 Å². The molecule has 6 rings (SSSR count). The van der Waals surface area contributed by atoms with Gasteiger partial charge in [0.05, 0.1) is 16.8 Å². The van der Waals surface area contributed by atoms with Crippen LogP contribution in [0, 0.1) is 11.2 Å². The van der Waals surface area contributed by atoms with Gasteiger partial charge in [-0.3, -0.25) is 25.2 Å². The Balaban J connectivity index is 1.30. The van der Waals surface area contributed by atoms with Crippen molar-refractivity contribution in [2.24, 2.45) is 0 Å². The van der Waals surface area contributed by atoms with Crippen LogP contribution in [0.4, 0.5) is 22.4 Å². The minimum Gasteiger partial charge on any atom is -0.447 e. The highest BCUT2D eigenvalue weighted by atomic mass is 35.5. The van der Waals surface area contributed by atoms with Crippen LogP contribution in [0.2, 0.25) is 5.02 Å². The van der Waals surface area contributed by atoms with Gasteiger partial charge in [-0.15, -0.1) is 0 Å². The largest absolute Gasteiger partial charge is 0.447 e. The molecule has 2 aromatic heterocycles. The third-order valence-electron chi connectivity index (χ3n) is 7.64. The Morgan fingerprint density at radius 2 is 1.98 bits per heavy atom. The van der Waals surface area contributed by atoms with E-state index in [2.05, 4.69) is 25.5 Å². The SMILES string of the molecule is N=C1N[C@H](c2ccc(-c3ccccn3)cc2F)C(=O)N1[C@H](COC(=O)NC1(C(F)(F)F)CC1)c1ccc(Cl)c(-c2ncn[nH]2)c1. The maximum Gasteiger partial charge on any atom is 0.411 e. The van der Waals surface area contributed by atoms with E-state index in [1.807, 2.05) is 5.32 Å². The summed E-state index contributed by atoms with van der Waals surface area (Å²) in [4.78, 5) is 35.6. The number of aromatic amines is 1. The first-order chi connectivity index (χ1) is 21.5. The molecule has 2 atom stereocenters. The van der Waals surface area contributed by atoms with Crippen LogP contribution < -0.4 is 10.6 Å². The van der Waals surface area contributed by atoms with Crippen LogP contribution in [-0.4, -0.2) is 61.3 Å². The first kappa shape index (κ1) is 30.0. The fourth-order valence-corrected chi connectivity index (χ4v) is 5.28. The average Bonchev–Trinajstić information content (AvgIpc) is 3.49. The molecule has 2 amide bonds. The van der Waals surface area contributed by atoms with Crippen LogP contribution in [0.1, 0.15) is 36.1 Å². The number of hydrogen-bond donors (Lipinski definition) is 4. The number of benzene rings is 2. The van der Waals surface area contributed by atoms with Gasteiger partial charge in [-0.1, -0.05) is 35.9 Å². The van der Waals surface area contributed by atoms with Crippen molar-refractivity contribution in [2.75, 3.05) is 6.61 Å². The lowest BCUT2D eigenvalue weighted by Crippen LogP contribution is -2.48. The fourth-order valence-electron chi connectivity index (χ4n) is 5.07. The maximum atomic E-state index is 15.4. The minimum absolute atomic E-state index is 0.0522. The van der Waals surface area contributed by atoms with Crippen LogP contribution in [0.25, 0.3) is 22.6 Å². The summed E-state index contributed by atoms with van der Waals surface area (Å²) in [6.45, 7) is -0.652. The number of carbonyl (C=O) groups is 2. The van der Waals surface area contributed by atoms with Crippen molar-refractivity contribution in [2.45, 2.75) is 36.6 Å². The number of ether oxygens (including phenoxy) is 1. The molecule has 232 valence electrons. The third kappa shape index (κ3) is 5.78. The number of alkyl halides is 3. The number of H-pyrrole nitrogens is 1. The zero-order chi connectivity index (χ0) is 31.9. The standard InChI is InChI=1S/C29H23ClF4N8O3/c30-19-7-5-16(11-18(19)24-37-14-38-41-24)22(13-45-27(44)40-28(8-9-28)29(32,33)34)42-25(43)23(39-26(42)35)17-6-4-15(12-20(17)31)21-3-1-2-10-36-21/h1-7,10-12,14,22-23H,8-9,13H2,(H2,35,39)(H,40,44)(H,37,38,41)/t22-,23-/m1/s1. The predicted molar refractivity (Wildman–Crippen MR) is 152 cm³/mol. The summed E-state index contributed by atoms with van der Waals surface area (Å²) in [6, 6.07) is 11.3. The average molecular weight is 643 g/mol. The van der Waals surface area contributed by atoms with Crippen molar-refractivity contribution in [3.8, 4) is 22.6 Å². The van der Waals surface area contributed by atoms with Gasteiger partial charge in [-0.2, -0.15) is 18.3 Å². The molecule has 16 heteroatoms. The molecule has 4 N–H and O–H groups in total. The summed E-state index contributed by atoms with van der Waals surface area (Å²) in [5.74, 6) is -1.67. The summed E-state index contributed by atoms with van der Waals surface area (Å²) in [5.41, 5.74) is -0.789. The monoisotopic (exact) mass is 642 g/mol. The molecular formula is C29H23ClF4N8O3. The van der Waals surface area contributed by atoms with E-state index in [1.54, 1.807) is 30.5 Å². The lowest BCUT2D eigenvalue weighted by atomic mass is 10.00. The molecule has 2 fully saturated rings. The molecule has 2 aliphatic rings. The normalized spacial score (nSPS) is 18.0. The zero-order valence-corrected chi connectivity index (χ0v) is 23.8. The van der Waals surface area contributed by atoms with Crippen LogP contribution in [0.15, 0.2) is 67.1 Å². The molecule has 1 aliphatic heterocycles. The molecule has 2 aromatic carbocycles. The highest BCUT2D eigenvalue weighted by Crippen LogP contribution is 2.49. The van der Waals surface area contributed by atoms with Crippen molar-refractivity contribution < 1.29 is 31.9 Å². The second kappa shape index (κ2) is 11.5. The van der Waals surface area contributed by atoms with Gasteiger partial charge in [-0.05, 0) is 48.7 Å². The van der Waals surface area contributed by atoms with Crippen molar-refractivity contribution in [3.05, 3.63) is 89.1 Å². The molecule has 0 spiro atoms. The molecule has 1 saturated carbocycles. The maximum absolute atomic E-state index is 15.4. The topological polar surface area (TPSA) is 149 Å². The Kier molecular flexibility index (Phi) is 7.64. The number of aromatic nitrogens is 4. The van der Waals surface area contributed by atoms with E-state index >= 15 is 4.39 Å². The summed E-state index contributed by atoms with van der Waals surface area (Å²) >= 11 is 6.37. The van der Waals surface area contributed by atoms with E-state index in [9.17, 15) is 22.8 Å². The Morgan fingerprint density at radius 3 is 2.62 bits per heavy atom. The Labute approximate surface area is 257 Å². The second-order valence-electron chi connectivity index (χ2n) is 10.5. The molecule has 0 unspecified atom stereocenters. The van der Waals surface area contributed by atoms with E-state index in [-0.39, 0.29) is 29.3 Å². The molecular weight excluding hydrogens is 620 g/mol. The molecule has 1 saturated heterocycles. The molecule has 45 heavy (non-hydrogen) atoms. The van der Waals surface area contributed by atoms with Gasteiger partial charge in [0.1, 0.15) is 30.3 Å². The molecule has 4 aromatic rings. The number of carbonyl (C=O) groups excluding carboxylic acids is 2. The lowest BCUT2D eigenvalue weighted by molar-refractivity contribution is -0.164. The van der Waals surface area contributed by atoms with E-state index in [0.29, 0.717) is 22.4 Å². The van der Waals surface area contributed by atoms with Crippen LogP contribution in [0.3, 0.4) is 0 Å². The Morgan fingerprint density at radius 1 is 1.18 bits per heavy atom. The van der Waals surface area contributed by atoms with Gasteiger partial charge in [0, 0.05) is 22.9 Å². The number of hydrogen-bond acceptors (Lipinski definition) is 7. The molecule has 3 heterocycles. The minimum atomic E-state index is -4.67. The van der Waals surface area contributed by atoms with Gasteiger partial charge >= 0.3 is 12.3 Å². The lowest BCUT2D eigenvalue weighted by Gasteiger charge is -2.28. The summed E-state index contributed by atoms with van der Waals surface area (Å²) in [5, 5.41) is 19.9. The number of nitrogens with zero attached hydrogens (tertiary/aromatic N) is 4. The van der Waals surface area contributed by atoms with Crippen LogP contribution >= 0.6 is 11.6 Å². The number of nitrogens with one attached hydrogen (secondary N) is 4. The molecule has 0 bridgehead atoms. The summed E-state index contributed by atoms with van der Waals surface area (Å²) in [7, 11) is 0. The second-order valence-corrected chi connectivity index (χ2v) is 10.9. The molecule has 0 radical (unpaired) electrons. The predicted octanol–water partition coefficient (Wildman–Crippen LogP) is 5.30. The zero-order valence-electron chi connectivity index (χ0n) is 23.0. The molecule has 11 nitrogen and oxygen atoms in total. The first-order valence-corrected chi connectivity index (χ1v) is 13.9. The highest BCUT2D eigenvalue weighted by Gasteiger charge is 2.64. The van der Waals surface area contributed by atoms with Crippen molar-refractivity contribution in [1.82, 2.24) is 35.7 Å². The summed E-state index contributed by atoms with van der Waals surface area (Å²) in [6.07, 6.45) is -3.80. The van der Waals surface area contributed by atoms with Crippen molar-refractivity contribution >= 4 is 29.6 Å². The number of amides is 2. The van der Waals surface area contributed by atoms with Gasteiger partial charge in [0.25, 0.3) is 5.91 Å². The van der Waals surface area contributed by atoms with Gasteiger partial charge < -0.3 is 15.4 Å². The number of rotatable bonds is 8. The Bertz CT molecular complexity index is 1770. The quantitative estimate of drug-likeness (QED) is 0.191. The number of alkyl carbamates (subject to hydrolysis) is 1. The van der Waals surface area contributed by atoms with Crippen LogP contribution in [-0.2, 0) is 9.53 Å². The van der Waals surface area contributed by atoms with E-state index in [1.165, 1.54) is 36.7 Å².